The second-order valence-corrected chi connectivity index (χ2v) is 13.7. The van der Waals surface area contributed by atoms with Gasteiger partial charge in [-0.3, -0.25) is 19.2 Å². The first-order valence-corrected chi connectivity index (χ1v) is 17.3. The Morgan fingerprint density at radius 2 is 1.24 bits per heavy atom. The number of hydrogen-bond acceptors (Lipinski definition) is 6. The van der Waals surface area contributed by atoms with E-state index in [1.54, 1.807) is 20.8 Å². The van der Waals surface area contributed by atoms with Crippen molar-refractivity contribution in [1.29, 1.82) is 0 Å². The fourth-order valence-electron chi connectivity index (χ4n) is 5.83. The van der Waals surface area contributed by atoms with Gasteiger partial charge < -0.3 is 31.5 Å². The van der Waals surface area contributed by atoms with Gasteiger partial charge in [-0.05, 0) is 46.1 Å². The molecule has 2 unspecified atom stereocenters. The van der Waals surface area contributed by atoms with Crippen molar-refractivity contribution in [1.82, 2.24) is 21.3 Å². The van der Waals surface area contributed by atoms with Crippen molar-refractivity contribution < 1.29 is 34.2 Å². The SMILES string of the molecule is CC[C@H](C)[C@H](NC(=O)C[C@H](O)[C@H](Cc1ccccc1)NC(=O)C(NC(=O)Cc1cccc2ccccc12)C(C)C)C(=O)NC(C(=O)O)C(C)C. The number of aliphatic carboxylic acids is 1. The van der Waals surface area contributed by atoms with Crippen molar-refractivity contribution in [3.63, 3.8) is 0 Å². The Morgan fingerprint density at radius 3 is 1.86 bits per heavy atom. The first-order chi connectivity index (χ1) is 23.7. The fraction of sp³-hybridized carbons (Fsp3) is 0.462. The zero-order chi connectivity index (χ0) is 37.0. The maximum absolute atomic E-state index is 13.7. The Kier molecular flexibility index (Phi) is 14.9. The minimum atomic E-state index is -1.36. The Labute approximate surface area is 294 Å². The first kappa shape index (κ1) is 39.7. The summed E-state index contributed by atoms with van der Waals surface area (Å²) in [6.07, 6.45) is -1.01. The van der Waals surface area contributed by atoms with Crippen LogP contribution in [0.3, 0.4) is 0 Å². The molecule has 0 aliphatic heterocycles. The Morgan fingerprint density at radius 1 is 0.660 bits per heavy atom. The molecule has 11 heteroatoms. The summed E-state index contributed by atoms with van der Waals surface area (Å²) in [5.74, 6) is -4.28. The van der Waals surface area contributed by atoms with Gasteiger partial charge in [-0.15, -0.1) is 0 Å². The molecule has 11 nitrogen and oxygen atoms in total. The number of carboxylic acid groups (broad SMARTS) is 1. The number of carbonyl (C=O) groups excluding carboxylic acids is 4. The van der Waals surface area contributed by atoms with Crippen molar-refractivity contribution >= 4 is 40.4 Å². The molecule has 0 saturated heterocycles. The molecule has 0 heterocycles. The number of benzene rings is 3. The molecule has 0 aromatic heterocycles. The predicted molar refractivity (Wildman–Crippen MR) is 193 cm³/mol. The molecule has 4 amide bonds. The van der Waals surface area contributed by atoms with E-state index in [0.717, 1.165) is 21.9 Å². The Hall–Kier alpha value is -4.77. The molecule has 6 atom stereocenters. The summed E-state index contributed by atoms with van der Waals surface area (Å²) < 4.78 is 0. The van der Waals surface area contributed by atoms with Crippen molar-refractivity contribution in [2.45, 2.75) is 97.5 Å². The van der Waals surface area contributed by atoms with Crippen LogP contribution >= 0.6 is 0 Å². The van der Waals surface area contributed by atoms with Crippen LogP contribution in [0.25, 0.3) is 10.8 Å². The molecular weight excluding hydrogens is 636 g/mol. The highest BCUT2D eigenvalue weighted by Crippen LogP contribution is 2.19. The zero-order valence-electron chi connectivity index (χ0n) is 29.8. The third kappa shape index (κ3) is 11.4. The summed E-state index contributed by atoms with van der Waals surface area (Å²) in [5, 5.41) is 33.9. The van der Waals surface area contributed by atoms with Gasteiger partial charge in [-0.25, -0.2) is 4.79 Å². The first-order valence-electron chi connectivity index (χ1n) is 17.3. The summed E-state index contributed by atoms with van der Waals surface area (Å²) in [5.41, 5.74) is 1.64. The minimum Gasteiger partial charge on any atom is -0.480 e. The number of hydrogen-bond donors (Lipinski definition) is 6. The number of aliphatic hydroxyl groups excluding tert-OH is 1. The van der Waals surface area contributed by atoms with Crippen LogP contribution in [-0.4, -0.2) is 70.1 Å². The molecule has 3 aromatic rings. The van der Waals surface area contributed by atoms with Crippen LogP contribution in [0.15, 0.2) is 72.8 Å². The molecule has 0 radical (unpaired) electrons. The van der Waals surface area contributed by atoms with Crippen molar-refractivity contribution in [3.05, 3.63) is 83.9 Å². The van der Waals surface area contributed by atoms with Crippen molar-refractivity contribution in [3.8, 4) is 0 Å². The van der Waals surface area contributed by atoms with Gasteiger partial charge in [0.05, 0.1) is 25.0 Å². The summed E-state index contributed by atoms with van der Waals surface area (Å²) >= 11 is 0. The van der Waals surface area contributed by atoms with Gasteiger partial charge in [0.1, 0.15) is 18.1 Å². The van der Waals surface area contributed by atoms with Gasteiger partial charge in [0.15, 0.2) is 0 Å². The average Bonchev–Trinajstić information content (AvgIpc) is 3.07. The van der Waals surface area contributed by atoms with Gasteiger partial charge >= 0.3 is 5.97 Å². The zero-order valence-corrected chi connectivity index (χ0v) is 29.8. The third-order valence-corrected chi connectivity index (χ3v) is 9.02. The highest BCUT2D eigenvalue weighted by molar-refractivity contribution is 5.93. The summed E-state index contributed by atoms with van der Waals surface area (Å²) in [4.78, 5) is 65.2. The normalized spacial score (nSPS) is 15.0. The van der Waals surface area contributed by atoms with Crippen molar-refractivity contribution in [2.75, 3.05) is 0 Å². The smallest absolute Gasteiger partial charge is 0.326 e. The third-order valence-electron chi connectivity index (χ3n) is 9.02. The molecule has 0 aliphatic carbocycles. The standard InChI is InChI=1S/C39H52N4O7/c1-7-25(6)36(38(48)43-35(24(4)5)39(49)50)42-33(46)22-31(44)30(20-26-14-9-8-10-15-26)40-37(47)34(23(2)3)41-32(45)21-28-18-13-17-27-16-11-12-19-29(27)28/h8-19,23-25,30-31,34-36,44H,7,20-22H2,1-6H3,(H,40,47)(H,41,45)(H,42,46)(H,43,48)(H,49,50)/t25-,30-,31-,34?,35?,36-/m0/s1. The van der Waals surface area contributed by atoms with Crippen LogP contribution in [0.4, 0.5) is 0 Å². The predicted octanol–water partition coefficient (Wildman–Crippen LogP) is 3.76. The molecule has 0 spiro atoms. The molecule has 0 saturated carbocycles. The molecule has 3 aromatic carbocycles. The average molecular weight is 689 g/mol. The molecule has 270 valence electrons. The number of carboxylic acids is 1. The number of rotatable bonds is 18. The highest BCUT2D eigenvalue weighted by atomic mass is 16.4. The summed E-state index contributed by atoms with van der Waals surface area (Å²) in [6, 6.07) is 18.7. The lowest BCUT2D eigenvalue weighted by molar-refractivity contribution is -0.143. The molecule has 6 N–H and O–H groups in total. The van der Waals surface area contributed by atoms with Gasteiger partial charge in [0.25, 0.3) is 0 Å². The number of fused-ring (bicyclic) bond motifs is 1. The van der Waals surface area contributed by atoms with Crippen LogP contribution in [0.1, 0.15) is 65.5 Å². The molecule has 50 heavy (non-hydrogen) atoms. The maximum atomic E-state index is 13.7. The van der Waals surface area contributed by atoms with E-state index < -0.39 is 60.4 Å². The molecule has 0 aliphatic rings. The number of aliphatic hydroxyl groups is 1. The topological polar surface area (TPSA) is 174 Å². The maximum Gasteiger partial charge on any atom is 0.326 e. The molecule has 3 rings (SSSR count). The van der Waals surface area contributed by atoms with E-state index >= 15 is 0 Å². The second-order valence-electron chi connectivity index (χ2n) is 13.7. The van der Waals surface area contributed by atoms with E-state index in [4.69, 9.17) is 0 Å². The van der Waals surface area contributed by atoms with Gasteiger partial charge in [-0.2, -0.15) is 0 Å². The van der Waals surface area contributed by atoms with Crippen LogP contribution < -0.4 is 21.3 Å². The van der Waals surface area contributed by atoms with Gasteiger partial charge in [0.2, 0.25) is 23.6 Å². The summed E-state index contributed by atoms with van der Waals surface area (Å²) in [6.45, 7) is 10.6. The quantitative estimate of drug-likeness (QED) is 0.118. The number of nitrogens with one attached hydrogen (secondary N) is 4. The lowest BCUT2D eigenvalue weighted by atomic mass is 9.95. The van der Waals surface area contributed by atoms with Crippen LogP contribution in [-0.2, 0) is 36.8 Å². The lowest BCUT2D eigenvalue weighted by Crippen LogP contribution is -2.57. The molecule has 0 fully saturated rings. The molecule has 0 bridgehead atoms. The Balaban J connectivity index is 1.75. The van der Waals surface area contributed by atoms with E-state index in [2.05, 4.69) is 21.3 Å². The number of carbonyl (C=O) groups is 5. The van der Waals surface area contributed by atoms with Gasteiger partial charge in [0, 0.05) is 0 Å². The monoisotopic (exact) mass is 688 g/mol. The highest BCUT2D eigenvalue weighted by Gasteiger charge is 2.34. The van der Waals surface area contributed by atoms with Crippen LogP contribution in [0.2, 0.25) is 0 Å². The lowest BCUT2D eigenvalue weighted by Gasteiger charge is -2.30. The summed E-state index contributed by atoms with van der Waals surface area (Å²) in [7, 11) is 0. The minimum absolute atomic E-state index is 0.0728. The largest absolute Gasteiger partial charge is 0.480 e. The van der Waals surface area contributed by atoms with Crippen LogP contribution in [0.5, 0.6) is 0 Å². The second kappa shape index (κ2) is 18.8. The Bertz CT molecular complexity index is 1600. The van der Waals surface area contributed by atoms with E-state index in [1.807, 2.05) is 93.6 Å². The van der Waals surface area contributed by atoms with E-state index in [1.165, 1.54) is 0 Å². The van der Waals surface area contributed by atoms with Crippen molar-refractivity contribution in [2.24, 2.45) is 17.8 Å². The van der Waals surface area contributed by atoms with E-state index in [9.17, 15) is 34.2 Å². The van der Waals surface area contributed by atoms with E-state index in [0.29, 0.717) is 6.42 Å². The van der Waals surface area contributed by atoms with Crippen LogP contribution in [0, 0.1) is 17.8 Å². The fourth-order valence-corrected chi connectivity index (χ4v) is 5.83. The number of amides is 4. The van der Waals surface area contributed by atoms with Gasteiger partial charge in [-0.1, -0.05) is 121 Å². The van der Waals surface area contributed by atoms with E-state index in [-0.39, 0.29) is 36.5 Å². The molecular formula is C39H52N4O7.